The summed E-state index contributed by atoms with van der Waals surface area (Å²) in [4.78, 5) is 11.4. The molecule has 0 saturated carbocycles. The van der Waals surface area contributed by atoms with Crippen molar-refractivity contribution in [3.63, 3.8) is 0 Å². The van der Waals surface area contributed by atoms with E-state index in [0.29, 0.717) is 5.75 Å². The summed E-state index contributed by atoms with van der Waals surface area (Å²) in [5, 5.41) is 8.97. The quantitative estimate of drug-likeness (QED) is 0.817. The minimum Gasteiger partial charge on any atom is -0.493 e. The van der Waals surface area contributed by atoms with Crippen LogP contribution in [0.5, 0.6) is 5.75 Å². The number of carbonyl (C=O) groups excluding carboxylic acids is 1. The van der Waals surface area contributed by atoms with Gasteiger partial charge in [0.1, 0.15) is 11.4 Å². The molecule has 0 unspecified atom stereocenters. The molecule has 4 heteroatoms. The third-order valence-corrected chi connectivity index (χ3v) is 2.08. The predicted molar refractivity (Wildman–Crippen MR) is 68.3 cm³/mol. The summed E-state index contributed by atoms with van der Waals surface area (Å²) >= 11 is 0. The van der Waals surface area contributed by atoms with E-state index < -0.39 is 5.60 Å². The zero-order chi connectivity index (χ0) is 13.6. The number of carbonyl (C=O) groups is 1. The molecule has 0 aromatic heterocycles. The first kappa shape index (κ1) is 14.5. The van der Waals surface area contributed by atoms with E-state index in [0.717, 1.165) is 5.56 Å². The molecule has 0 aliphatic carbocycles. The summed E-state index contributed by atoms with van der Waals surface area (Å²) in [6.07, 6.45) is 0.209. The average Bonchev–Trinajstić information content (AvgIpc) is 2.27. The van der Waals surface area contributed by atoms with Crippen molar-refractivity contribution in [1.82, 2.24) is 0 Å². The van der Waals surface area contributed by atoms with E-state index in [2.05, 4.69) is 0 Å². The first-order valence-corrected chi connectivity index (χ1v) is 5.95. The van der Waals surface area contributed by atoms with Gasteiger partial charge in [0.05, 0.1) is 19.6 Å². The van der Waals surface area contributed by atoms with Crippen LogP contribution in [0.25, 0.3) is 0 Å². The van der Waals surface area contributed by atoms with Crippen LogP contribution in [-0.2, 0) is 16.1 Å². The molecule has 0 heterocycles. The number of hydrogen-bond acceptors (Lipinski definition) is 4. The first-order valence-electron chi connectivity index (χ1n) is 5.95. The third kappa shape index (κ3) is 5.68. The minimum absolute atomic E-state index is 0.0245. The first-order chi connectivity index (χ1) is 8.40. The SMILES string of the molecule is CC(C)(C)OC(=O)CCOc1cccc(CO)c1. The third-order valence-electron chi connectivity index (χ3n) is 2.08. The van der Waals surface area contributed by atoms with E-state index in [1.165, 1.54) is 0 Å². The number of aliphatic hydroxyl groups is 1. The van der Waals surface area contributed by atoms with Crippen LogP contribution in [0.2, 0.25) is 0 Å². The highest BCUT2D eigenvalue weighted by atomic mass is 16.6. The molecule has 100 valence electrons. The van der Waals surface area contributed by atoms with Gasteiger partial charge in [0, 0.05) is 0 Å². The predicted octanol–water partition coefficient (Wildman–Crippen LogP) is 2.29. The molecule has 0 radical (unpaired) electrons. The zero-order valence-corrected chi connectivity index (χ0v) is 11.1. The number of rotatable bonds is 5. The molecule has 1 aromatic rings. The number of hydrogen-bond donors (Lipinski definition) is 1. The standard InChI is InChI=1S/C14H20O4/c1-14(2,3)18-13(16)7-8-17-12-6-4-5-11(9-12)10-15/h4-6,9,15H,7-8,10H2,1-3H3. The highest BCUT2D eigenvalue weighted by molar-refractivity contribution is 5.69. The van der Waals surface area contributed by atoms with E-state index in [-0.39, 0.29) is 25.6 Å². The summed E-state index contributed by atoms with van der Waals surface area (Å²) in [5.41, 5.74) is 0.318. The Kier molecular flexibility index (Phi) is 5.16. The van der Waals surface area contributed by atoms with Crippen molar-refractivity contribution in [3.05, 3.63) is 29.8 Å². The topological polar surface area (TPSA) is 55.8 Å². The van der Waals surface area contributed by atoms with Gasteiger partial charge in [-0.1, -0.05) is 12.1 Å². The Morgan fingerprint density at radius 1 is 1.33 bits per heavy atom. The van der Waals surface area contributed by atoms with Gasteiger partial charge in [0.15, 0.2) is 0 Å². The van der Waals surface area contributed by atoms with E-state index in [1.807, 2.05) is 20.8 Å². The molecule has 0 bridgehead atoms. The van der Waals surface area contributed by atoms with E-state index >= 15 is 0 Å². The van der Waals surface area contributed by atoms with E-state index in [9.17, 15) is 4.79 Å². The van der Waals surface area contributed by atoms with Crippen LogP contribution in [0.3, 0.4) is 0 Å². The Bertz CT molecular complexity index is 393. The van der Waals surface area contributed by atoms with Crippen molar-refractivity contribution in [3.8, 4) is 5.75 Å². The summed E-state index contributed by atoms with van der Waals surface area (Å²) in [6.45, 7) is 5.73. The molecular formula is C14H20O4. The second kappa shape index (κ2) is 6.40. The molecule has 0 fully saturated rings. The number of aliphatic hydroxyl groups excluding tert-OH is 1. The van der Waals surface area contributed by atoms with Gasteiger partial charge < -0.3 is 14.6 Å². The largest absolute Gasteiger partial charge is 0.493 e. The summed E-state index contributed by atoms with van der Waals surface area (Å²) in [6, 6.07) is 7.14. The summed E-state index contributed by atoms with van der Waals surface area (Å²) in [5.74, 6) is 0.367. The lowest BCUT2D eigenvalue weighted by atomic mass is 10.2. The molecule has 0 atom stereocenters. The van der Waals surface area contributed by atoms with Crippen LogP contribution in [0.1, 0.15) is 32.8 Å². The molecule has 0 aliphatic rings. The monoisotopic (exact) mass is 252 g/mol. The Hall–Kier alpha value is -1.55. The van der Waals surface area contributed by atoms with E-state index in [1.54, 1.807) is 24.3 Å². The van der Waals surface area contributed by atoms with Gasteiger partial charge in [-0.2, -0.15) is 0 Å². The number of esters is 1. The average molecular weight is 252 g/mol. The van der Waals surface area contributed by atoms with Crippen LogP contribution in [0.15, 0.2) is 24.3 Å². The van der Waals surface area contributed by atoms with Crippen molar-refractivity contribution >= 4 is 5.97 Å². The second-order valence-electron chi connectivity index (χ2n) is 4.99. The summed E-state index contributed by atoms with van der Waals surface area (Å²) in [7, 11) is 0. The van der Waals surface area contributed by atoms with Crippen molar-refractivity contribution in [2.45, 2.75) is 39.4 Å². The molecule has 1 rings (SSSR count). The van der Waals surface area contributed by atoms with Gasteiger partial charge in [0.25, 0.3) is 0 Å². The molecule has 0 amide bonds. The van der Waals surface area contributed by atoms with Crippen LogP contribution < -0.4 is 4.74 Å². The molecule has 0 aliphatic heterocycles. The maximum absolute atomic E-state index is 11.4. The molecule has 4 nitrogen and oxygen atoms in total. The Balaban J connectivity index is 2.35. The van der Waals surface area contributed by atoms with Crippen molar-refractivity contribution in [2.75, 3.05) is 6.61 Å². The lowest BCUT2D eigenvalue weighted by molar-refractivity contribution is -0.155. The van der Waals surface area contributed by atoms with Crippen molar-refractivity contribution < 1.29 is 19.4 Å². The minimum atomic E-state index is -0.464. The maximum Gasteiger partial charge on any atom is 0.309 e. The van der Waals surface area contributed by atoms with Gasteiger partial charge >= 0.3 is 5.97 Å². The molecular weight excluding hydrogens is 232 g/mol. The molecule has 1 aromatic carbocycles. The van der Waals surface area contributed by atoms with Gasteiger partial charge in [-0.15, -0.1) is 0 Å². The molecule has 0 spiro atoms. The Morgan fingerprint density at radius 2 is 2.06 bits per heavy atom. The van der Waals surface area contributed by atoms with E-state index in [4.69, 9.17) is 14.6 Å². The zero-order valence-electron chi connectivity index (χ0n) is 11.1. The van der Waals surface area contributed by atoms with Crippen LogP contribution >= 0.6 is 0 Å². The van der Waals surface area contributed by atoms with Crippen LogP contribution in [-0.4, -0.2) is 23.3 Å². The van der Waals surface area contributed by atoms with Gasteiger partial charge in [-0.3, -0.25) is 4.79 Å². The van der Waals surface area contributed by atoms with Gasteiger partial charge in [-0.25, -0.2) is 0 Å². The number of benzene rings is 1. The second-order valence-corrected chi connectivity index (χ2v) is 4.99. The van der Waals surface area contributed by atoms with Crippen LogP contribution in [0, 0.1) is 0 Å². The lowest BCUT2D eigenvalue weighted by Crippen LogP contribution is -2.24. The summed E-state index contributed by atoms with van der Waals surface area (Å²) < 4.78 is 10.6. The molecule has 18 heavy (non-hydrogen) atoms. The number of ether oxygens (including phenoxy) is 2. The highest BCUT2D eigenvalue weighted by Gasteiger charge is 2.15. The van der Waals surface area contributed by atoms with Crippen molar-refractivity contribution in [2.24, 2.45) is 0 Å². The lowest BCUT2D eigenvalue weighted by Gasteiger charge is -2.19. The smallest absolute Gasteiger partial charge is 0.309 e. The highest BCUT2D eigenvalue weighted by Crippen LogP contribution is 2.14. The Labute approximate surface area is 108 Å². The fourth-order valence-corrected chi connectivity index (χ4v) is 1.38. The molecule has 0 saturated heterocycles. The molecule has 1 N–H and O–H groups in total. The van der Waals surface area contributed by atoms with Crippen molar-refractivity contribution in [1.29, 1.82) is 0 Å². The Morgan fingerprint density at radius 3 is 2.67 bits per heavy atom. The van der Waals surface area contributed by atoms with Crippen LogP contribution in [0.4, 0.5) is 0 Å². The maximum atomic E-state index is 11.4. The normalized spacial score (nSPS) is 11.1. The van der Waals surface area contributed by atoms with Gasteiger partial charge in [-0.05, 0) is 38.5 Å². The van der Waals surface area contributed by atoms with Gasteiger partial charge in [0.2, 0.25) is 0 Å². The fraction of sp³-hybridized carbons (Fsp3) is 0.500. The fourth-order valence-electron chi connectivity index (χ4n) is 1.38.